The molecule has 0 aliphatic heterocycles. The van der Waals surface area contributed by atoms with Gasteiger partial charge in [-0.25, -0.2) is 0 Å². The van der Waals surface area contributed by atoms with E-state index in [9.17, 15) is 0 Å². The van der Waals surface area contributed by atoms with Gasteiger partial charge in [0.1, 0.15) is 5.75 Å². The summed E-state index contributed by atoms with van der Waals surface area (Å²) in [6, 6.07) is 14.6. The highest BCUT2D eigenvalue weighted by Crippen LogP contribution is 2.25. The minimum Gasteiger partial charge on any atom is -0.492 e. The standard InChI is InChI=1S/C20H26N2OS/c1-5-17(16-12-11-14(3)13-15(16)4)21-20(24)22-18-9-7-8-10-19(18)23-6-2/h7-13,17H,5-6H2,1-4H3,(H2,21,22,24). The van der Waals surface area contributed by atoms with Crippen LogP contribution in [0, 0.1) is 13.8 Å². The van der Waals surface area contributed by atoms with Gasteiger partial charge in [0.05, 0.1) is 18.3 Å². The molecule has 0 fully saturated rings. The van der Waals surface area contributed by atoms with Gasteiger partial charge in [0.25, 0.3) is 0 Å². The van der Waals surface area contributed by atoms with Crippen molar-refractivity contribution in [3.05, 3.63) is 59.2 Å². The first-order valence-corrected chi connectivity index (χ1v) is 8.82. The summed E-state index contributed by atoms with van der Waals surface area (Å²) in [6.07, 6.45) is 0.957. The molecule has 128 valence electrons. The summed E-state index contributed by atoms with van der Waals surface area (Å²) in [4.78, 5) is 0. The Morgan fingerprint density at radius 1 is 1.12 bits per heavy atom. The molecular formula is C20H26N2OS. The lowest BCUT2D eigenvalue weighted by Gasteiger charge is -2.22. The molecular weight excluding hydrogens is 316 g/mol. The predicted molar refractivity (Wildman–Crippen MR) is 106 cm³/mol. The van der Waals surface area contributed by atoms with Crippen molar-refractivity contribution in [2.24, 2.45) is 0 Å². The van der Waals surface area contributed by atoms with Crippen LogP contribution in [0.15, 0.2) is 42.5 Å². The van der Waals surface area contributed by atoms with Gasteiger partial charge in [0.2, 0.25) is 0 Å². The maximum absolute atomic E-state index is 5.64. The van der Waals surface area contributed by atoms with Gasteiger partial charge in [0.15, 0.2) is 5.11 Å². The highest BCUT2D eigenvalue weighted by molar-refractivity contribution is 7.80. The average Bonchev–Trinajstić information content (AvgIpc) is 2.55. The van der Waals surface area contributed by atoms with Crippen LogP contribution in [0.2, 0.25) is 0 Å². The smallest absolute Gasteiger partial charge is 0.171 e. The molecule has 2 aromatic carbocycles. The Labute approximate surface area is 150 Å². The summed E-state index contributed by atoms with van der Waals surface area (Å²) in [5.41, 5.74) is 4.72. The molecule has 3 nitrogen and oxygen atoms in total. The fraction of sp³-hybridized carbons (Fsp3) is 0.350. The lowest BCUT2D eigenvalue weighted by molar-refractivity contribution is 0.342. The zero-order chi connectivity index (χ0) is 17.5. The number of para-hydroxylation sites is 2. The Bertz CT molecular complexity index is 700. The minimum atomic E-state index is 0.185. The quantitative estimate of drug-likeness (QED) is 0.712. The SMILES string of the molecule is CCOc1ccccc1NC(=S)NC(CC)c1ccc(C)cc1C. The summed E-state index contributed by atoms with van der Waals surface area (Å²) in [5, 5.41) is 7.29. The molecule has 0 bridgehead atoms. The van der Waals surface area contributed by atoms with E-state index in [1.807, 2.05) is 31.2 Å². The Balaban J connectivity index is 2.10. The van der Waals surface area contributed by atoms with Crippen LogP contribution in [-0.2, 0) is 0 Å². The van der Waals surface area contributed by atoms with E-state index in [2.05, 4.69) is 49.6 Å². The first-order valence-electron chi connectivity index (χ1n) is 8.41. The molecule has 2 aromatic rings. The third kappa shape index (κ3) is 4.71. The highest BCUT2D eigenvalue weighted by Gasteiger charge is 2.14. The average molecular weight is 343 g/mol. The van der Waals surface area contributed by atoms with Crippen LogP contribution in [0.3, 0.4) is 0 Å². The van der Waals surface area contributed by atoms with E-state index in [1.54, 1.807) is 0 Å². The minimum absolute atomic E-state index is 0.185. The van der Waals surface area contributed by atoms with Gasteiger partial charge < -0.3 is 15.4 Å². The van der Waals surface area contributed by atoms with Crippen molar-refractivity contribution in [3.63, 3.8) is 0 Å². The van der Waals surface area contributed by atoms with Gasteiger partial charge in [-0.2, -0.15) is 0 Å². The molecule has 0 spiro atoms. The molecule has 0 amide bonds. The normalized spacial score (nSPS) is 11.7. The van der Waals surface area contributed by atoms with E-state index in [-0.39, 0.29) is 6.04 Å². The predicted octanol–water partition coefficient (Wildman–Crippen LogP) is 5.14. The van der Waals surface area contributed by atoms with Crippen molar-refractivity contribution in [1.29, 1.82) is 0 Å². The fourth-order valence-electron chi connectivity index (χ4n) is 2.78. The van der Waals surface area contributed by atoms with Gasteiger partial charge in [0, 0.05) is 0 Å². The maximum Gasteiger partial charge on any atom is 0.171 e. The number of nitrogens with one attached hydrogen (secondary N) is 2. The first kappa shape index (κ1) is 18.3. The molecule has 0 saturated heterocycles. The van der Waals surface area contributed by atoms with Crippen molar-refractivity contribution in [2.75, 3.05) is 11.9 Å². The third-order valence-electron chi connectivity index (χ3n) is 3.95. The number of thiocarbonyl (C=S) groups is 1. The highest BCUT2D eigenvalue weighted by atomic mass is 32.1. The van der Waals surface area contributed by atoms with Crippen LogP contribution >= 0.6 is 12.2 Å². The van der Waals surface area contributed by atoms with Crippen LogP contribution in [0.25, 0.3) is 0 Å². The number of rotatable bonds is 6. The van der Waals surface area contributed by atoms with Gasteiger partial charge in [-0.05, 0) is 62.7 Å². The van der Waals surface area contributed by atoms with Gasteiger partial charge in [-0.3, -0.25) is 0 Å². The number of ether oxygens (including phenoxy) is 1. The van der Waals surface area contributed by atoms with Gasteiger partial charge in [-0.15, -0.1) is 0 Å². The third-order valence-corrected chi connectivity index (χ3v) is 4.17. The summed E-state index contributed by atoms with van der Waals surface area (Å²) in [7, 11) is 0. The molecule has 2 N–H and O–H groups in total. The fourth-order valence-corrected chi connectivity index (χ4v) is 3.04. The molecule has 1 unspecified atom stereocenters. The van der Waals surface area contributed by atoms with E-state index in [0.717, 1.165) is 17.9 Å². The van der Waals surface area contributed by atoms with E-state index in [0.29, 0.717) is 11.7 Å². The lowest BCUT2D eigenvalue weighted by atomic mass is 9.98. The summed E-state index contributed by atoms with van der Waals surface area (Å²) in [6.45, 7) is 9.02. The van der Waals surface area contributed by atoms with Crippen molar-refractivity contribution >= 4 is 23.0 Å². The zero-order valence-corrected chi connectivity index (χ0v) is 15.7. The van der Waals surface area contributed by atoms with Crippen molar-refractivity contribution in [3.8, 4) is 5.75 Å². The van der Waals surface area contributed by atoms with Crippen molar-refractivity contribution in [1.82, 2.24) is 5.32 Å². The zero-order valence-electron chi connectivity index (χ0n) is 14.8. The number of anilines is 1. The summed E-state index contributed by atoms with van der Waals surface area (Å²) < 4.78 is 5.64. The van der Waals surface area contributed by atoms with E-state index >= 15 is 0 Å². The topological polar surface area (TPSA) is 33.3 Å². The second-order valence-electron chi connectivity index (χ2n) is 5.85. The van der Waals surface area contributed by atoms with Gasteiger partial charge in [-0.1, -0.05) is 42.8 Å². The molecule has 24 heavy (non-hydrogen) atoms. The van der Waals surface area contributed by atoms with Crippen molar-refractivity contribution < 1.29 is 4.74 Å². The largest absolute Gasteiger partial charge is 0.492 e. The van der Waals surface area contributed by atoms with Crippen LogP contribution in [-0.4, -0.2) is 11.7 Å². The lowest BCUT2D eigenvalue weighted by Crippen LogP contribution is -2.32. The Morgan fingerprint density at radius 3 is 2.54 bits per heavy atom. The molecule has 0 saturated carbocycles. The van der Waals surface area contributed by atoms with Crippen LogP contribution < -0.4 is 15.4 Å². The molecule has 1 atom stereocenters. The molecule has 0 aliphatic carbocycles. The van der Waals surface area contributed by atoms with Gasteiger partial charge >= 0.3 is 0 Å². The summed E-state index contributed by atoms with van der Waals surface area (Å²) >= 11 is 5.51. The van der Waals surface area contributed by atoms with Crippen LogP contribution in [0.4, 0.5) is 5.69 Å². The van der Waals surface area contributed by atoms with E-state index < -0.39 is 0 Å². The summed E-state index contributed by atoms with van der Waals surface area (Å²) in [5.74, 6) is 0.809. The molecule has 0 aliphatic rings. The second-order valence-corrected chi connectivity index (χ2v) is 6.26. The molecule has 2 rings (SSSR count). The first-order chi connectivity index (χ1) is 11.5. The molecule has 0 aromatic heterocycles. The Hall–Kier alpha value is -2.07. The van der Waals surface area contributed by atoms with Crippen LogP contribution in [0.5, 0.6) is 5.75 Å². The molecule has 4 heteroatoms. The number of hydrogen-bond acceptors (Lipinski definition) is 2. The Kier molecular flexibility index (Phi) is 6.62. The number of hydrogen-bond donors (Lipinski definition) is 2. The number of benzene rings is 2. The van der Waals surface area contributed by atoms with E-state index in [1.165, 1.54) is 16.7 Å². The maximum atomic E-state index is 5.64. The van der Waals surface area contributed by atoms with Crippen LogP contribution in [0.1, 0.15) is 43.0 Å². The second kappa shape index (κ2) is 8.69. The molecule has 0 radical (unpaired) electrons. The van der Waals surface area contributed by atoms with Crippen molar-refractivity contribution in [2.45, 2.75) is 40.2 Å². The van der Waals surface area contributed by atoms with E-state index in [4.69, 9.17) is 17.0 Å². The monoisotopic (exact) mass is 342 g/mol. The Morgan fingerprint density at radius 2 is 1.88 bits per heavy atom. The molecule has 0 heterocycles. The number of aryl methyl sites for hydroxylation is 2.